The summed E-state index contributed by atoms with van der Waals surface area (Å²) >= 11 is 8.47. The van der Waals surface area contributed by atoms with Crippen LogP contribution in [0.25, 0.3) is 75.6 Å². The molecule has 2 aromatic heterocycles. The van der Waals surface area contributed by atoms with Crippen molar-refractivity contribution in [2.45, 2.75) is 12.3 Å². The van der Waals surface area contributed by atoms with E-state index in [9.17, 15) is 0 Å². The highest BCUT2D eigenvalue weighted by Gasteiger charge is 2.18. The van der Waals surface area contributed by atoms with Crippen molar-refractivity contribution in [3.63, 3.8) is 0 Å². The maximum atomic E-state index is 6.63. The minimum Gasteiger partial charge on any atom is -0.208 e. The summed E-state index contributed by atoms with van der Waals surface area (Å²) in [5.74, 6) is 1.41. The summed E-state index contributed by atoms with van der Waals surface area (Å²) in [6, 6.07) is 41.1. The largest absolute Gasteiger partial charge is 0.226 e. The van der Waals surface area contributed by atoms with E-state index in [0.29, 0.717) is 11.6 Å². The first-order valence-electron chi connectivity index (χ1n) is 15.4. The van der Waals surface area contributed by atoms with Gasteiger partial charge < -0.3 is 0 Å². The van der Waals surface area contributed by atoms with Crippen molar-refractivity contribution in [2.24, 2.45) is 0 Å². The number of fused-ring (bicyclic) bond motifs is 5. The molecule has 1 aliphatic carbocycles. The van der Waals surface area contributed by atoms with E-state index in [0.717, 1.165) is 33.7 Å². The highest BCUT2D eigenvalue weighted by Crippen LogP contribution is 2.42. The van der Waals surface area contributed by atoms with Crippen LogP contribution in [0.15, 0.2) is 140 Å². The fourth-order valence-corrected chi connectivity index (χ4v) is 8.13. The molecule has 0 saturated carbocycles. The number of hydrogen-bond donors (Lipinski definition) is 0. The second-order valence-electron chi connectivity index (χ2n) is 11.7. The van der Waals surface area contributed by atoms with E-state index >= 15 is 0 Å². The summed E-state index contributed by atoms with van der Waals surface area (Å²) in [6.07, 6.45) is 9.69. The molecule has 218 valence electrons. The SMILES string of the molecule is Clc1nc(-c2cc(C3C=CC=CC3)c3ccccc3c2)nc(-c2ccc3cccc(-c4cccc5sc6ccccc6c45)c3c2)n1. The van der Waals surface area contributed by atoms with Gasteiger partial charge in [-0.25, -0.2) is 4.98 Å². The number of benzene rings is 6. The fraction of sp³-hybridized carbons (Fsp3) is 0.0488. The van der Waals surface area contributed by atoms with Crippen LogP contribution in [0.2, 0.25) is 5.28 Å². The van der Waals surface area contributed by atoms with Crippen LogP contribution in [-0.2, 0) is 0 Å². The summed E-state index contributed by atoms with van der Waals surface area (Å²) in [4.78, 5) is 14.3. The summed E-state index contributed by atoms with van der Waals surface area (Å²) in [7, 11) is 0. The lowest BCUT2D eigenvalue weighted by molar-refractivity contribution is 0.862. The second-order valence-corrected chi connectivity index (χ2v) is 13.1. The molecule has 1 atom stereocenters. The van der Waals surface area contributed by atoms with Crippen molar-refractivity contribution >= 4 is 64.7 Å². The fourth-order valence-electron chi connectivity index (χ4n) is 6.84. The Kier molecular flexibility index (Phi) is 6.51. The number of nitrogens with zero attached hydrogens (tertiary/aromatic N) is 3. The number of rotatable bonds is 4. The molecule has 0 amide bonds. The quantitative estimate of drug-likeness (QED) is 0.195. The maximum absolute atomic E-state index is 6.63. The van der Waals surface area contributed by atoms with Gasteiger partial charge in [-0.1, -0.05) is 109 Å². The van der Waals surface area contributed by atoms with Crippen molar-refractivity contribution in [3.05, 3.63) is 150 Å². The van der Waals surface area contributed by atoms with E-state index in [4.69, 9.17) is 16.6 Å². The van der Waals surface area contributed by atoms with Gasteiger partial charge >= 0.3 is 0 Å². The van der Waals surface area contributed by atoms with E-state index in [-0.39, 0.29) is 11.2 Å². The van der Waals surface area contributed by atoms with E-state index in [1.165, 1.54) is 42.2 Å². The van der Waals surface area contributed by atoms with Gasteiger partial charge in [-0.05, 0) is 86.6 Å². The third-order valence-corrected chi connectivity index (χ3v) is 10.3. The lowest BCUT2D eigenvalue weighted by Gasteiger charge is -2.18. The first-order chi connectivity index (χ1) is 22.7. The Balaban J connectivity index is 1.20. The van der Waals surface area contributed by atoms with Gasteiger partial charge in [0.05, 0.1) is 0 Å². The van der Waals surface area contributed by atoms with Gasteiger partial charge in [-0.2, -0.15) is 9.97 Å². The van der Waals surface area contributed by atoms with Crippen molar-refractivity contribution in [2.75, 3.05) is 0 Å². The molecular weight excluding hydrogens is 602 g/mol. The van der Waals surface area contributed by atoms with Crippen LogP contribution < -0.4 is 0 Å². The highest BCUT2D eigenvalue weighted by atomic mass is 35.5. The molecule has 3 nitrogen and oxygen atoms in total. The minimum atomic E-state index is 0.179. The molecule has 46 heavy (non-hydrogen) atoms. The average Bonchev–Trinajstić information content (AvgIpc) is 3.50. The van der Waals surface area contributed by atoms with Crippen LogP contribution in [0.1, 0.15) is 17.9 Å². The van der Waals surface area contributed by atoms with Gasteiger partial charge in [-0.3, -0.25) is 0 Å². The van der Waals surface area contributed by atoms with Crippen LogP contribution in [0.3, 0.4) is 0 Å². The van der Waals surface area contributed by atoms with Gasteiger partial charge in [0.25, 0.3) is 0 Å². The van der Waals surface area contributed by atoms with Crippen LogP contribution in [0, 0.1) is 0 Å². The molecule has 0 aliphatic heterocycles. The van der Waals surface area contributed by atoms with E-state index in [1.54, 1.807) is 0 Å². The zero-order valence-electron chi connectivity index (χ0n) is 24.7. The molecule has 0 saturated heterocycles. The normalized spacial score (nSPS) is 14.6. The molecule has 1 aliphatic rings. The third-order valence-electron chi connectivity index (χ3n) is 8.97. The van der Waals surface area contributed by atoms with Crippen molar-refractivity contribution in [1.82, 2.24) is 15.0 Å². The van der Waals surface area contributed by atoms with E-state index in [2.05, 4.69) is 150 Å². The van der Waals surface area contributed by atoms with E-state index in [1.807, 2.05) is 11.3 Å². The summed E-state index contributed by atoms with van der Waals surface area (Å²) in [5.41, 5.74) is 5.50. The first-order valence-corrected chi connectivity index (χ1v) is 16.6. The van der Waals surface area contributed by atoms with Crippen LogP contribution in [0.5, 0.6) is 0 Å². The number of allylic oxidation sites excluding steroid dienone is 4. The van der Waals surface area contributed by atoms with Gasteiger partial charge in [0, 0.05) is 37.2 Å². The van der Waals surface area contributed by atoms with Gasteiger partial charge in [0.1, 0.15) is 0 Å². The van der Waals surface area contributed by atoms with Crippen LogP contribution in [-0.4, -0.2) is 15.0 Å². The van der Waals surface area contributed by atoms with Crippen molar-refractivity contribution in [3.8, 4) is 33.9 Å². The smallest absolute Gasteiger partial charge is 0.208 e. The Morgan fingerprint density at radius 1 is 0.587 bits per heavy atom. The summed E-state index contributed by atoms with van der Waals surface area (Å²) in [5, 5.41) is 7.46. The molecule has 6 aromatic carbocycles. The zero-order valence-corrected chi connectivity index (χ0v) is 26.3. The molecule has 5 heteroatoms. The monoisotopic (exact) mass is 627 g/mol. The summed E-state index contributed by atoms with van der Waals surface area (Å²) in [6.45, 7) is 0. The van der Waals surface area contributed by atoms with Gasteiger partial charge in [-0.15, -0.1) is 11.3 Å². The Morgan fingerprint density at radius 3 is 2.24 bits per heavy atom. The Morgan fingerprint density at radius 2 is 1.35 bits per heavy atom. The van der Waals surface area contributed by atoms with E-state index < -0.39 is 0 Å². The van der Waals surface area contributed by atoms with Crippen LogP contribution in [0.4, 0.5) is 0 Å². The summed E-state index contributed by atoms with van der Waals surface area (Å²) < 4.78 is 2.58. The lowest BCUT2D eigenvalue weighted by atomic mass is 9.87. The molecule has 0 fully saturated rings. The van der Waals surface area contributed by atoms with Crippen molar-refractivity contribution in [1.29, 1.82) is 0 Å². The molecule has 8 aromatic rings. The number of hydrogen-bond acceptors (Lipinski definition) is 4. The van der Waals surface area contributed by atoms with Gasteiger partial charge in [0.15, 0.2) is 11.6 Å². The maximum Gasteiger partial charge on any atom is 0.226 e. The number of halogens is 1. The molecular formula is C41H26ClN3S. The number of thiophene rings is 1. The number of aromatic nitrogens is 3. The van der Waals surface area contributed by atoms with Crippen molar-refractivity contribution < 1.29 is 0 Å². The standard InChI is InChI=1S/C41H26ClN3S/c42-41-44-39(43-40(45-41)29-22-27-12-4-5-14-30(27)34(24-29)25-10-2-1-3-11-25)28-21-20-26-13-8-16-31(35(26)23-28)32-17-9-19-37-38(32)33-15-6-7-18-36(33)46-37/h1-10,12-25H,11H2. The predicted molar refractivity (Wildman–Crippen MR) is 195 cm³/mol. The first kappa shape index (κ1) is 27.2. The molecule has 1 unspecified atom stereocenters. The zero-order chi connectivity index (χ0) is 30.6. The average molecular weight is 628 g/mol. The highest BCUT2D eigenvalue weighted by molar-refractivity contribution is 7.25. The Hall–Kier alpha value is -5.16. The molecule has 0 bridgehead atoms. The molecule has 2 heterocycles. The van der Waals surface area contributed by atoms with Crippen LogP contribution >= 0.6 is 22.9 Å². The minimum absolute atomic E-state index is 0.179. The molecule has 0 radical (unpaired) electrons. The predicted octanol–water partition coefficient (Wildman–Crippen LogP) is 11.8. The molecule has 9 rings (SSSR count). The molecule has 0 spiro atoms. The second kappa shape index (κ2) is 11.0. The third kappa shape index (κ3) is 4.61. The Bertz CT molecular complexity index is 2540. The molecule has 0 N–H and O–H groups in total. The topological polar surface area (TPSA) is 38.7 Å². The lowest BCUT2D eigenvalue weighted by Crippen LogP contribution is -2.01. The van der Waals surface area contributed by atoms with Gasteiger partial charge in [0.2, 0.25) is 5.28 Å². The Labute approximate surface area is 275 Å².